The first-order chi connectivity index (χ1) is 8.16. The van der Waals surface area contributed by atoms with E-state index < -0.39 is 0 Å². The molecule has 100 valence electrons. The molecule has 2 rings (SSSR count). The molecule has 1 saturated carbocycles. The molecule has 1 aliphatic carbocycles. The van der Waals surface area contributed by atoms with Gasteiger partial charge in [0.15, 0.2) is 0 Å². The number of piperidine rings is 1. The number of hydrogen-bond acceptors (Lipinski definition) is 3. The Balaban J connectivity index is 1.68. The molecule has 1 aliphatic heterocycles. The quantitative estimate of drug-likeness (QED) is 0.807. The standard InChI is InChI=1S/C14H29N3/c1-16-9-7-13(8-10-16)17(2)11-6-12-4-3-5-14(12)15/h12-14H,3-11,15H2,1-2H3. The van der Waals surface area contributed by atoms with Crippen molar-refractivity contribution in [2.24, 2.45) is 11.7 Å². The smallest absolute Gasteiger partial charge is 0.0117 e. The van der Waals surface area contributed by atoms with Crippen LogP contribution in [0.15, 0.2) is 0 Å². The highest BCUT2D eigenvalue weighted by Gasteiger charge is 2.25. The second-order valence-electron chi connectivity index (χ2n) is 6.16. The minimum atomic E-state index is 0.487. The Labute approximate surface area is 106 Å². The van der Waals surface area contributed by atoms with Crippen molar-refractivity contribution in [3.63, 3.8) is 0 Å². The van der Waals surface area contributed by atoms with E-state index >= 15 is 0 Å². The first kappa shape index (κ1) is 13.3. The zero-order valence-corrected chi connectivity index (χ0v) is 11.6. The van der Waals surface area contributed by atoms with Gasteiger partial charge in [-0.1, -0.05) is 6.42 Å². The lowest BCUT2D eigenvalue weighted by Gasteiger charge is -2.35. The molecule has 0 aromatic rings. The van der Waals surface area contributed by atoms with Crippen LogP contribution in [0.2, 0.25) is 0 Å². The third-order valence-electron chi connectivity index (χ3n) is 4.88. The van der Waals surface area contributed by atoms with Gasteiger partial charge in [0, 0.05) is 12.1 Å². The third-order valence-corrected chi connectivity index (χ3v) is 4.88. The number of likely N-dealkylation sites (tertiary alicyclic amines) is 1. The summed E-state index contributed by atoms with van der Waals surface area (Å²) < 4.78 is 0. The second kappa shape index (κ2) is 6.17. The fourth-order valence-corrected chi connectivity index (χ4v) is 3.41. The van der Waals surface area contributed by atoms with Crippen molar-refractivity contribution in [3.05, 3.63) is 0 Å². The molecule has 0 bridgehead atoms. The molecule has 0 spiro atoms. The Morgan fingerprint density at radius 1 is 1.18 bits per heavy atom. The molecule has 0 amide bonds. The highest BCUT2D eigenvalue weighted by atomic mass is 15.2. The fourth-order valence-electron chi connectivity index (χ4n) is 3.41. The van der Waals surface area contributed by atoms with E-state index in [9.17, 15) is 0 Å². The van der Waals surface area contributed by atoms with Gasteiger partial charge in [-0.2, -0.15) is 0 Å². The normalized spacial score (nSPS) is 32.5. The molecular weight excluding hydrogens is 210 g/mol. The zero-order valence-electron chi connectivity index (χ0n) is 11.6. The topological polar surface area (TPSA) is 32.5 Å². The number of rotatable bonds is 4. The highest BCUT2D eigenvalue weighted by molar-refractivity contribution is 4.82. The van der Waals surface area contributed by atoms with Gasteiger partial charge in [-0.25, -0.2) is 0 Å². The first-order valence-corrected chi connectivity index (χ1v) is 7.31. The molecule has 1 saturated heterocycles. The van der Waals surface area contributed by atoms with Crippen LogP contribution in [0, 0.1) is 5.92 Å². The molecule has 17 heavy (non-hydrogen) atoms. The maximum absolute atomic E-state index is 6.14. The van der Waals surface area contributed by atoms with E-state index in [1.807, 2.05) is 0 Å². The Kier molecular flexibility index (Phi) is 4.83. The van der Waals surface area contributed by atoms with Crippen LogP contribution in [-0.2, 0) is 0 Å². The van der Waals surface area contributed by atoms with E-state index in [1.54, 1.807) is 0 Å². The lowest BCUT2D eigenvalue weighted by atomic mass is 9.98. The average molecular weight is 239 g/mol. The summed E-state index contributed by atoms with van der Waals surface area (Å²) in [6.07, 6.45) is 7.95. The Hall–Kier alpha value is -0.120. The van der Waals surface area contributed by atoms with Crippen LogP contribution in [0.5, 0.6) is 0 Å². The van der Waals surface area contributed by atoms with E-state index in [2.05, 4.69) is 23.9 Å². The Morgan fingerprint density at radius 2 is 1.88 bits per heavy atom. The van der Waals surface area contributed by atoms with Crippen molar-refractivity contribution in [1.82, 2.24) is 9.80 Å². The van der Waals surface area contributed by atoms with Gasteiger partial charge in [-0.3, -0.25) is 0 Å². The summed E-state index contributed by atoms with van der Waals surface area (Å²) in [5, 5.41) is 0. The van der Waals surface area contributed by atoms with Crippen LogP contribution < -0.4 is 5.73 Å². The predicted molar refractivity (Wildman–Crippen MR) is 73.1 cm³/mol. The van der Waals surface area contributed by atoms with Crippen LogP contribution in [0.1, 0.15) is 38.5 Å². The molecule has 2 atom stereocenters. The molecule has 2 unspecified atom stereocenters. The molecule has 3 nitrogen and oxygen atoms in total. The predicted octanol–water partition coefficient (Wildman–Crippen LogP) is 1.53. The van der Waals surface area contributed by atoms with Crippen LogP contribution in [0.4, 0.5) is 0 Å². The highest BCUT2D eigenvalue weighted by Crippen LogP contribution is 2.27. The van der Waals surface area contributed by atoms with Crippen molar-refractivity contribution in [2.75, 3.05) is 33.7 Å². The number of nitrogens with two attached hydrogens (primary N) is 1. The fraction of sp³-hybridized carbons (Fsp3) is 1.00. The lowest BCUT2D eigenvalue weighted by Crippen LogP contribution is -2.42. The summed E-state index contributed by atoms with van der Waals surface area (Å²) in [4.78, 5) is 5.02. The maximum Gasteiger partial charge on any atom is 0.0117 e. The van der Waals surface area contributed by atoms with E-state index in [0.717, 1.165) is 12.0 Å². The van der Waals surface area contributed by atoms with Gasteiger partial charge in [0.1, 0.15) is 0 Å². The number of nitrogens with zero attached hydrogens (tertiary/aromatic N) is 2. The summed E-state index contributed by atoms with van der Waals surface area (Å²) in [5.74, 6) is 0.795. The van der Waals surface area contributed by atoms with Gasteiger partial charge in [-0.15, -0.1) is 0 Å². The van der Waals surface area contributed by atoms with Crippen LogP contribution in [0.25, 0.3) is 0 Å². The first-order valence-electron chi connectivity index (χ1n) is 7.31. The number of hydrogen-bond donors (Lipinski definition) is 1. The minimum absolute atomic E-state index is 0.487. The van der Waals surface area contributed by atoms with Crippen LogP contribution in [-0.4, -0.2) is 55.6 Å². The summed E-state index contributed by atoms with van der Waals surface area (Å²) in [5.41, 5.74) is 6.14. The molecule has 3 heteroatoms. The second-order valence-corrected chi connectivity index (χ2v) is 6.16. The maximum atomic E-state index is 6.14. The van der Waals surface area contributed by atoms with Crippen molar-refractivity contribution >= 4 is 0 Å². The zero-order chi connectivity index (χ0) is 12.3. The molecule has 2 fully saturated rings. The van der Waals surface area contributed by atoms with E-state index in [1.165, 1.54) is 58.2 Å². The van der Waals surface area contributed by atoms with Crippen LogP contribution in [0.3, 0.4) is 0 Å². The van der Waals surface area contributed by atoms with Gasteiger partial charge < -0.3 is 15.5 Å². The largest absolute Gasteiger partial charge is 0.327 e. The minimum Gasteiger partial charge on any atom is -0.327 e. The SMILES string of the molecule is CN1CCC(N(C)CCC2CCCC2N)CC1. The van der Waals surface area contributed by atoms with Crippen LogP contribution >= 0.6 is 0 Å². The Bertz CT molecular complexity index is 224. The summed E-state index contributed by atoms with van der Waals surface area (Å²) in [7, 11) is 4.53. The molecule has 0 aromatic carbocycles. The summed E-state index contributed by atoms with van der Waals surface area (Å²) in [6, 6.07) is 1.30. The molecule has 2 aliphatic rings. The van der Waals surface area contributed by atoms with Crippen molar-refractivity contribution in [3.8, 4) is 0 Å². The van der Waals surface area contributed by atoms with E-state index in [0.29, 0.717) is 6.04 Å². The van der Waals surface area contributed by atoms with E-state index in [-0.39, 0.29) is 0 Å². The molecule has 0 radical (unpaired) electrons. The average Bonchev–Trinajstić information content (AvgIpc) is 2.73. The lowest BCUT2D eigenvalue weighted by molar-refractivity contribution is 0.137. The molecular formula is C14H29N3. The van der Waals surface area contributed by atoms with Gasteiger partial charge >= 0.3 is 0 Å². The van der Waals surface area contributed by atoms with Crippen molar-refractivity contribution in [2.45, 2.75) is 50.6 Å². The molecule has 2 N–H and O–H groups in total. The van der Waals surface area contributed by atoms with Gasteiger partial charge in [-0.05, 0) is 71.8 Å². The third kappa shape index (κ3) is 3.67. The van der Waals surface area contributed by atoms with Gasteiger partial charge in [0.05, 0.1) is 0 Å². The van der Waals surface area contributed by atoms with E-state index in [4.69, 9.17) is 5.73 Å². The van der Waals surface area contributed by atoms with Gasteiger partial charge in [0.2, 0.25) is 0 Å². The molecule has 1 heterocycles. The molecule has 0 aromatic heterocycles. The monoisotopic (exact) mass is 239 g/mol. The Morgan fingerprint density at radius 3 is 2.47 bits per heavy atom. The van der Waals surface area contributed by atoms with Crippen molar-refractivity contribution < 1.29 is 0 Å². The van der Waals surface area contributed by atoms with Crippen molar-refractivity contribution in [1.29, 1.82) is 0 Å². The van der Waals surface area contributed by atoms with Gasteiger partial charge in [0.25, 0.3) is 0 Å². The summed E-state index contributed by atoms with van der Waals surface area (Å²) in [6.45, 7) is 3.77. The summed E-state index contributed by atoms with van der Waals surface area (Å²) >= 11 is 0.